The van der Waals surface area contributed by atoms with E-state index in [2.05, 4.69) is 56.5 Å². The fourth-order valence-corrected chi connectivity index (χ4v) is 3.96. The third-order valence-electron chi connectivity index (χ3n) is 4.54. The van der Waals surface area contributed by atoms with E-state index in [4.69, 9.17) is 4.98 Å². The number of hydrogen-bond acceptors (Lipinski definition) is 5. The van der Waals surface area contributed by atoms with Gasteiger partial charge in [0.25, 0.3) is 0 Å². The zero-order valence-corrected chi connectivity index (χ0v) is 19.0. The lowest BCUT2D eigenvalue weighted by molar-refractivity contribution is 0.298. The smallest absolute Gasteiger partial charge is 0.193 e. The van der Waals surface area contributed by atoms with Crippen molar-refractivity contribution in [2.45, 2.75) is 51.5 Å². The van der Waals surface area contributed by atoms with Crippen molar-refractivity contribution in [1.82, 2.24) is 30.4 Å². The summed E-state index contributed by atoms with van der Waals surface area (Å²) in [6, 6.07) is 0. The van der Waals surface area contributed by atoms with Crippen LogP contribution in [0.25, 0.3) is 0 Å². The van der Waals surface area contributed by atoms with Crippen molar-refractivity contribution >= 4 is 41.3 Å². The lowest BCUT2D eigenvalue weighted by Crippen LogP contribution is -2.45. The van der Waals surface area contributed by atoms with Crippen molar-refractivity contribution in [3.05, 3.63) is 28.2 Å². The molecule has 0 aliphatic carbocycles. The summed E-state index contributed by atoms with van der Waals surface area (Å²) in [4.78, 5) is 15.8. The molecule has 26 heavy (non-hydrogen) atoms. The summed E-state index contributed by atoms with van der Waals surface area (Å²) in [6.45, 7) is 9.23. The van der Waals surface area contributed by atoms with Gasteiger partial charge in [0.1, 0.15) is 17.2 Å². The van der Waals surface area contributed by atoms with Gasteiger partial charge in [-0.05, 0) is 12.8 Å². The van der Waals surface area contributed by atoms with Crippen molar-refractivity contribution < 1.29 is 0 Å². The highest BCUT2D eigenvalue weighted by Crippen LogP contribution is 2.25. The quantitative estimate of drug-likeness (QED) is 0.394. The molecule has 0 spiro atoms. The molecule has 2 aromatic rings. The Morgan fingerprint density at radius 3 is 2.65 bits per heavy atom. The van der Waals surface area contributed by atoms with E-state index in [0.29, 0.717) is 5.92 Å². The third-order valence-corrected chi connectivity index (χ3v) is 5.39. The number of likely N-dealkylation sites (tertiary alicyclic amines) is 1. The van der Waals surface area contributed by atoms with Crippen molar-refractivity contribution in [1.29, 1.82) is 0 Å². The second-order valence-electron chi connectivity index (χ2n) is 7.41. The fraction of sp³-hybridized carbons (Fsp3) is 0.647. The molecular weight excluding hydrogens is 461 g/mol. The summed E-state index contributed by atoms with van der Waals surface area (Å²) in [5, 5.41) is 13.7. The Morgan fingerprint density at radius 1 is 1.38 bits per heavy atom. The van der Waals surface area contributed by atoms with Crippen LogP contribution in [0.4, 0.5) is 0 Å². The maximum absolute atomic E-state index is 4.74. The van der Waals surface area contributed by atoms with Crippen molar-refractivity contribution in [2.75, 3.05) is 20.1 Å². The number of rotatable bonds is 3. The van der Waals surface area contributed by atoms with Gasteiger partial charge in [-0.25, -0.2) is 9.97 Å². The van der Waals surface area contributed by atoms with Crippen LogP contribution in [-0.2, 0) is 12.0 Å². The summed E-state index contributed by atoms with van der Waals surface area (Å²) < 4.78 is 0. The summed E-state index contributed by atoms with van der Waals surface area (Å²) in [5.41, 5.74) is 1.25. The van der Waals surface area contributed by atoms with Crippen molar-refractivity contribution in [3.63, 3.8) is 0 Å². The Balaban J connectivity index is 0.00000243. The molecule has 0 unspecified atom stereocenters. The predicted molar refractivity (Wildman–Crippen MR) is 116 cm³/mol. The number of hydrogen-bond donors (Lipinski definition) is 2. The number of aromatic nitrogens is 4. The topological polar surface area (TPSA) is 82.1 Å². The standard InChI is InChI=1S/C17H27N7S.HI/c1-17(2,3)13-10-25-14(22-13)9-19-16(18-4)24-7-5-12(6-8-24)15-20-11-21-23-15;/h10-12H,5-9H2,1-4H3,(H,18,19)(H,20,21,23);1H. The molecule has 0 saturated carbocycles. The number of aliphatic imine (C=N–C) groups is 1. The number of piperidine rings is 1. The molecule has 1 fully saturated rings. The highest BCUT2D eigenvalue weighted by molar-refractivity contribution is 14.0. The van der Waals surface area contributed by atoms with Crippen molar-refractivity contribution in [2.24, 2.45) is 4.99 Å². The van der Waals surface area contributed by atoms with Crippen LogP contribution in [0.1, 0.15) is 56.1 Å². The van der Waals surface area contributed by atoms with Gasteiger partial charge in [-0.2, -0.15) is 5.10 Å². The van der Waals surface area contributed by atoms with Gasteiger partial charge in [-0.1, -0.05) is 20.8 Å². The Morgan fingerprint density at radius 2 is 2.12 bits per heavy atom. The van der Waals surface area contributed by atoms with Gasteiger partial charge in [0, 0.05) is 36.9 Å². The van der Waals surface area contributed by atoms with E-state index in [0.717, 1.165) is 55.0 Å². The van der Waals surface area contributed by atoms with E-state index in [1.807, 2.05) is 7.05 Å². The van der Waals surface area contributed by atoms with Gasteiger partial charge in [-0.3, -0.25) is 10.1 Å². The van der Waals surface area contributed by atoms with Crippen LogP contribution in [0.2, 0.25) is 0 Å². The van der Waals surface area contributed by atoms with E-state index in [1.54, 1.807) is 17.7 Å². The number of nitrogens with one attached hydrogen (secondary N) is 2. The largest absolute Gasteiger partial charge is 0.350 e. The minimum Gasteiger partial charge on any atom is -0.350 e. The van der Waals surface area contributed by atoms with Gasteiger partial charge >= 0.3 is 0 Å². The van der Waals surface area contributed by atoms with Gasteiger partial charge in [0.15, 0.2) is 5.96 Å². The number of thiazole rings is 1. The Bertz CT molecular complexity index is 697. The lowest BCUT2D eigenvalue weighted by atomic mass is 9.93. The fourth-order valence-electron chi connectivity index (χ4n) is 3.00. The van der Waals surface area contributed by atoms with E-state index < -0.39 is 0 Å². The number of H-pyrrole nitrogens is 1. The van der Waals surface area contributed by atoms with E-state index in [1.165, 1.54) is 0 Å². The molecule has 3 rings (SSSR count). The van der Waals surface area contributed by atoms with Gasteiger partial charge in [0.05, 0.1) is 12.2 Å². The van der Waals surface area contributed by atoms with Crippen molar-refractivity contribution in [3.8, 4) is 0 Å². The normalized spacial score (nSPS) is 16.5. The highest BCUT2D eigenvalue weighted by Gasteiger charge is 2.24. The molecule has 0 bridgehead atoms. The maximum Gasteiger partial charge on any atom is 0.193 e. The van der Waals surface area contributed by atoms with Crippen LogP contribution in [0, 0.1) is 0 Å². The Kier molecular flexibility index (Phi) is 7.39. The molecule has 144 valence electrons. The molecule has 1 aliphatic heterocycles. The second kappa shape index (κ2) is 9.12. The zero-order chi connectivity index (χ0) is 17.9. The minimum absolute atomic E-state index is 0. The molecule has 0 radical (unpaired) electrons. The number of nitrogens with zero attached hydrogens (tertiary/aromatic N) is 5. The predicted octanol–water partition coefficient (Wildman–Crippen LogP) is 3.13. The Hall–Kier alpha value is -1.23. The highest BCUT2D eigenvalue weighted by atomic mass is 127. The maximum atomic E-state index is 4.74. The van der Waals surface area contributed by atoms with E-state index >= 15 is 0 Å². The van der Waals surface area contributed by atoms with Gasteiger partial charge in [0.2, 0.25) is 0 Å². The van der Waals surface area contributed by atoms with E-state index in [9.17, 15) is 0 Å². The first kappa shape index (κ1) is 21.1. The van der Waals surface area contributed by atoms with E-state index in [-0.39, 0.29) is 29.4 Å². The number of aromatic amines is 1. The average molecular weight is 489 g/mol. The number of halogens is 1. The summed E-state index contributed by atoms with van der Waals surface area (Å²) in [6.07, 6.45) is 3.70. The summed E-state index contributed by atoms with van der Waals surface area (Å²) >= 11 is 1.71. The van der Waals surface area contributed by atoms with Gasteiger partial charge in [-0.15, -0.1) is 35.3 Å². The molecule has 2 aromatic heterocycles. The van der Waals surface area contributed by atoms with Crippen LogP contribution < -0.4 is 5.32 Å². The molecular formula is C17H28IN7S. The van der Waals surface area contributed by atoms with Gasteiger partial charge < -0.3 is 10.2 Å². The molecule has 1 aliphatic rings. The van der Waals surface area contributed by atoms with Crippen LogP contribution in [0.3, 0.4) is 0 Å². The summed E-state index contributed by atoms with van der Waals surface area (Å²) in [7, 11) is 1.84. The first-order valence-electron chi connectivity index (χ1n) is 8.73. The third kappa shape index (κ3) is 5.15. The van der Waals surface area contributed by atoms with Crippen LogP contribution >= 0.6 is 35.3 Å². The van der Waals surface area contributed by atoms with Crippen LogP contribution in [0.5, 0.6) is 0 Å². The average Bonchev–Trinajstić information content (AvgIpc) is 3.27. The molecule has 9 heteroatoms. The SMILES string of the molecule is CN=C(NCc1nc(C(C)(C)C)cs1)N1CCC(c2ncn[nH]2)CC1.I. The molecule has 0 aromatic carbocycles. The zero-order valence-electron chi connectivity index (χ0n) is 15.8. The molecule has 0 amide bonds. The molecule has 7 nitrogen and oxygen atoms in total. The van der Waals surface area contributed by atoms with Crippen LogP contribution in [-0.4, -0.2) is 51.2 Å². The second-order valence-corrected chi connectivity index (χ2v) is 8.35. The molecule has 2 N–H and O–H groups in total. The lowest BCUT2D eigenvalue weighted by Gasteiger charge is -2.33. The first-order valence-corrected chi connectivity index (χ1v) is 9.61. The molecule has 3 heterocycles. The number of guanidine groups is 1. The van der Waals surface area contributed by atoms with Crippen LogP contribution in [0.15, 0.2) is 16.7 Å². The monoisotopic (exact) mass is 489 g/mol. The Labute approximate surface area is 176 Å². The molecule has 1 saturated heterocycles. The minimum atomic E-state index is 0. The summed E-state index contributed by atoms with van der Waals surface area (Å²) in [5.74, 6) is 2.41. The molecule has 0 atom stereocenters. The first-order chi connectivity index (χ1) is 12.0.